The number of hydrogen-bond donors (Lipinski definition) is 1. The zero-order valence-corrected chi connectivity index (χ0v) is 15.6. The molecule has 1 atom stereocenters. The minimum atomic E-state index is -1.09. The minimum absolute atomic E-state index is 0.130. The van der Waals surface area contributed by atoms with E-state index in [1.54, 1.807) is 24.4 Å². The summed E-state index contributed by atoms with van der Waals surface area (Å²) >= 11 is 0. The second kappa shape index (κ2) is 7.70. The zero-order chi connectivity index (χ0) is 19.6. The maximum Gasteiger partial charge on any atom is 0.341 e. The molecule has 2 aromatic rings. The third-order valence-electron chi connectivity index (χ3n) is 4.47. The van der Waals surface area contributed by atoms with E-state index in [-0.39, 0.29) is 11.5 Å². The number of anilines is 1. The van der Waals surface area contributed by atoms with Gasteiger partial charge >= 0.3 is 5.97 Å². The van der Waals surface area contributed by atoms with Crippen molar-refractivity contribution in [1.82, 2.24) is 0 Å². The molecule has 0 aromatic heterocycles. The molecule has 27 heavy (non-hydrogen) atoms. The maximum atomic E-state index is 13.0. The number of ether oxygens (including phenoxy) is 1. The summed E-state index contributed by atoms with van der Waals surface area (Å²) in [5, 5.41) is 15.1. The van der Waals surface area contributed by atoms with Gasteiger partial charge in [-0.1, -0.05) is 40.8 Å². The summed E-state index contributed by atoms with van der Waals surface area (Å²) in [4.78, 5) is 23.8. The second-order valence-corrected chi connectivity index (χ2v) is 6.79. The molecule has 0 fully saturated rings. The number of carboxylic acid groups (broad SMARTS) is 1. The lowest BCUT2D eigenvalue weighted by Gasteiger charge is -2.19. The van der Waals surface area contributed by atoms with Crippen LogP contribution in [0.2, 0.25) is 0 Å². The Labute approximate surface area is 159 Å². The first kappa shape index (κ1) is 18.8. The summed E-state index contributed by atoms with van der Waals surface area (Å²) in [6, 6.07) is 11.3. The minimum Gasteiger partial charge on any atom is -0.481 e. The molecule has 1 heterocycles. The van der Waals surface area contributed by atoms with Crippen LogP contribution in [0.1, 0.15) is 15.9 Å². The van der Waals surface area contributed by atoms with Gasteiger partial charge in [0, 0.05) is 6.21 Å². The van der Waals surface area contributed by atoms with Gasteiger partial charge in [0.15, 0.2) is 12.4 Å². The van der Waals surface area contributed by atoms with E-state index in [1.807, 2.05) is 39.8 Å². The average molecular weight is 362 g/mol. The number of carbonyl (C=O) groups excluding carboxylic acids is 1. The zero-order valence-electron chi connectivity index (χ0n) is 15.6. The van der Waals surface area contributed by atoms with Gasteiger partial charge in [-0.3, -0.25) is 9.80 Å². The Kier molecular flexibility index (Phi) is 5.35. The lowest BCUT2D eigenvalue weighted by atomic mass is 9.89. The molecule has 0 saturated carbocycles. The van der Waals surface area contributed by atoms with E-state index < -0.39 is 18.5 Å². The van der Waals surface area contributed by atoms with Crippen LogP contribution in [0.25, 0.3) is 0 Å². The van der Waals surface area contributed by atoms with Crippen LogP contribution >= 0.6 is 0 Å². The lowest BCUT2D eigenvalue weighted by Crippen LogP contribution is -2.28. The number of ketones is 1. The normalized spacial score (nSPS) is 15.7. The summed E-state index contributed by atoms with van der Waals surface area (Å²) in [7, 11) is 3.90. The molecule has 0 bridgehead atoms. The first-order valence-corrected chi connectivity index (χ1v) is 8.73. The number of hydrogen-bond acceptors (Lipinski definition) is 5. The van der Waals surface area contributed by atoms with Gasteiger partial charge in [-0.2, -0.15) is 5.10 Å². The van der Waals surface area contributed by atoms with Crippen LogP contribution in [0, 0.1) is 12.8 Å². The highest BCUT2D eigenvalue weighted by Gasteiger charge is 2.29. The van der Waals surface area contributed by atoms with E-state index in [4.69, 9.17) is 9.84 Å². The molecule has 1 aliphatic heterocycles. The molecule has 1 unspecified atom stereocenters. The number of rotatable bonds is 6. The molecular formula is C19H20B2N2O4. The predicted molar refractivity (Wildman–Crippen MR) is 111 cm³/mol. The van der Waals surface area contributed by atoms with Gasteiger partial charge in [-0.05, 0) is 19.1 Å². The van der Waals surface area contributed by atoms with Gasteiger partial charge in [0.05, 0.1) is 23.7 Å². The fourth-order valence-electron chi connectivity index (χ4n) is 3.15. The topological polar surface area (TPSA) is 79.2 Å². The second-order valence-electron chi connectivity index (χ2n) is 6.79. The van der Waals surface area contributed by atoms with E-state index >= 15 is 0 Å². The average Bonchev–Trinajstić information content (AvgIpc) is 3.09. The first-order valence-electron chi connectivity index (χ1n) is 8.73. The van der Waals surface area contributed by atoms with Crippen molar-refractivity contribution in [2.24, 2.45) is 11.0 Å². The highest BCUT2D eigenvalue weighted by atomic mass is 16.5. The fraction of sp³-hybridized carbons (Fsp3) is 0.211. The number of hydrazone groups is 1. The summed E-state index contributed by atoms with van der Waals surface area (Å²) in [6.07, 6.45) is 1.64. The Balaban J connectivity index is 1.80. The molecule has 0 amide bonds. The number of Topliss-reactive ketones (excluding diaryl/α,β-unsaturated/α-hetero) is 1. The number of aliphatic carboxylic acids is 1. The number of carboxylic acids is 1. The molecule has 0 spiro atoms. The van der Waals surface area contributed by atoms with Gasteiger partial charge in [0.2, 0.25) is 0 Å². The molecule has 1 aliphatic rings. The molecule has 6 nitrogen and oxygen atoms in total. The Bertz CT molecular complexity index is 930. The standard InChI is InChI=1S/C19H20B2N2O4/c1-11-2-4-16(15(21)6-11)23-9-12(8-22-23)19(26)14-7-13(20)3-5-17(14)27-10-18(24)25/h2-8,12H,9-10,20-21H2,1H3,(H,24,25). The molecule has 1 N–H and O–H groups in total. The van der Waals surface area contributed by atoms with Crippen molar-refractivity contribution in [3.63, 3.8) is 0 Å². The van der Waals surface area contributed by atoms with Gasteiger partial charge in [-0.25, -0.2) is 4.79 Å². The molecule has 8 heteroatoms. The number of aryl methyl sites for hydroxylation is 1. The van der Waals surface area contributed by atoms with Crippen molar-refractivity contribution in [1.29, 1.82) is 0 Å². The third kappa shape index (κ3) is 4.22. The van der Waals surface area contributed by atoms with Crippen molar-refractivity contribution in [2.75, 3.05) is 18.2 Å². The van der Waals surface area contributed by atoms with Crippen LogP contribution in [-0.2, 0) is 4.79 Å². The SMILES string of the molecule is Bc1ccc(OCC(=O)O)c(C(=O)C2C=NN(c3ccc(C)cc3B)C2)c1. The number of benzene rings is 2. The highest BCUT2D eigenvalue weighted by molar-refractivity contribution is 6.36. The first-order chi connectivity index (χ1) is 12.8. The Morgan fingerprint density at radius 3 is 2.74 bits per heavy atom. The molecule has 0 radical (unpaired) electrons. The molecule has 3 rings (SSSR count). The van der Waals surface area contributed by atoms with Crippen molar-refractivity contribution >= 4 is 50.3 Å². The van der Waals surface area contributed by atoms with Crippen molar-refractivity contribution in [3.05, 3.63) is 47.5 Å². The van der Waals surface area contributed by atoms with E-state index in [1.165, 1.54) is 5.56 Å². The van der Waals surface area contributed by atoms with Crippen LogP contribution in [0.4, 0.5) is 5.69 Å². The number of nitrogens with zero attached hydrogens (tertiary/aromatic N) is 2. The van der Waals surface area contributed by atoms with Gasteiger partial charge < -0.3 is 9.84 Å². The number of carbonyl (C=O) groups is 2. The Hall–Kier alpha value is -3.02. The van der Waals surface area contributed by atoms with E-state index in [0.717, 1.165) is 16.6 Å². The molecule has 0 aliphatic carbocycles. The molecule has 136 valence electrons. The van der Waals surface area contributed by atoms with Gasteiger partial charge in [0.25, 0.3) is 0 Å². The van der Waals surface area contributed by atoms with Crippen LogP contribution in [0.15, 0.2) is 41.5 Å². The van der Waals surface area contributed by atoms with E-state index in [0.29, 0.717) is 12.1 Å². The summed E-state index contributed by atoms with van der Waals surface area (Å²) in [5.41, 5.74) is 4.53. The summed E-state index contributed by atoms with van der Waals surface area (Å²) in [5.74, 6) is -1.35. The summed E-state index contributed by atoms with van der Waals surface area (Å²) in [6.45, 7) is 1.98. The highest BCUT2D eigenvalue weighted by Crippen LogP contribution is 2.25. The fourth-order valence-corrected chi connectivity index (χ4v) is 3.15. The van der Waals surface area contributed by atoms with Crippen LogP contribution in [0.3, 0.4) is 0 Å². The van der Waals surface area contributed by atoms with Crippen molar-refractivity contribution in [2.45, 2.75) is 6.92 Å². The van der Waals surface area contributed by atoms with Crippen LogP contribution in [0.5, 0.6) is 5.75 Å². The van der Waals surface area contributed by atoms with Crippen LogP contribution in [-0.4, -0.2) is 51.9 Å². The van der Waals surface area contributed by atoms with Crippen molar-refractivity contribution < 1.29 is 19.4 Å². The molecule has 0 saturated heterocycles. The predicted octanol–water partition coefficient (Wildman–Crippen LogP) is -0.720. The maximum absolute atomic E-state index is 13.0. The van der Waals surface area contributed by atoms with Crippen LogP contribution < -0.4 is 20.7 Å². The van der Waals surface area contributed by atoms with E-state index in [9.17, 15) is 9.59 Å². The molecular weight excluding hydrogens is 342 g/mol. The largest absolute Gasteiger partial charge is 0.481 e. The quantitative estimate of drug-likeness (QED) is 0.542. The Morgan fingerprint density at radius 1 is 1.26 bits per heavy atom. The van der Waals surface area contributed by atoms with E-state index in [2.05, 4.69) is 11.2 Å². The Morgan fingerprint density at radius 2 is 2.04 bits per heavy atom. The monoisotopic (exact) mass is 362 g/mol. The molecule has 2 aromatic carbocycles. The van der Waals surface area contributed by atoms with Gasteiger partial charge in [-0.15, -0.1) is 0 Å². The third-order valence-corrected chi connectivity index (χ3v) is 4.47. The van der Waals surface area contributed by atoms with Gasteiger partial charge in [0.1, 0.15) is 21.4 Å². The smallest absolute Gasteiger partial charge is 0.341 e. The summed E-state index contributed by atoms with van der Waals surface area (Å²) < 4.78 is 5.30. The van der Waals surface area contributed by atoms with Crippen molar-refractivity contribution in [3.8, 4) is 5.75 Å². The lowest BCUT2D eigenvalue weighted by molar-refractivity contribution is -0.139.